The Balaban J connectivity index is 1.73. The van der Waals surface area contributed by atoms with Crippen LogP contribution in [0, 0.1) is 0 Å². The second kappa shape index (κ2) is 4.89. The highest BCUT2D eigenvalue weighted by atomic mass is 16.5. The van der Waals surface area contributed by atoms with Crippen LogP contribution in [0.2, 0.25) is 0 Å². The molecule has 3 heterocycles. The lowest BCUT2D eigenvalue weighted by Crippen LogP contribution is -2.31. The van der Waals surface area contributed by atoms with E-state index in [2.05, 4.69) is 10.3 Å². The van der Waals surface area contributed by atoms with Crippen LogP contribution in [0.25, 0.3) is 11.0 Å². The number of nitrogens with one attached hydrogen (secondary N) is 1. The Morgan fingerprint density at radius 1 is 1.53 bits per heavy atom. The van der Waals surface area contributed by atoms with Gasteiger partial charge in [-0.3, -0.25) is 4.79 Å². The highest BCUT2D eigenvalue weighted by Crippen LogP contribution is 2.26. The molecule has 1 fully saturated rings. The Kier molecular flexibility index (Phi) is 3.08. The van der Waals surface area contributed by atoms with Gasteiger partial charge in [-0.2, -0.15) is 0 Å². The van der Waals surface area contributed by atoms with E-state index in [9.17, 15) is 4.79 Å². The summed E-state index contributed by atoms with van der Waals surface area (Å²) in [7, 11) is 1.38. The summed E-state index contributed by atoms with van der Waals surface area (Å²) in [5.74, 6) is 0.268. The predicted octanol–water partition coefficient (Wildman–Crippen LogP) is 1.11. The number of hydrogen-bond donors (Lipinski definition) is 1. The molecule has 0 amide bonds. The number of rotatable bonds is 3. The maximum Gasteiger partial charge on any atom is 0.323 e. The fourth-order valence-electron chi connectivity index (χ4n) is 2.24. The molecule has 1 aliphatic rings. The molecule has 2 aromatic heterocycles. The third-order valence-corrected chi connectivity index (χ3v) is 3.20. The van der Waals surface area contributed by atoms with Crippen molar-refractivity contribution in [3.8, 4) is 5.88 Å². The molecule has 2 unspecified atom stereocenters. The summed E-state index contributed by atoms with van der Waals surface area (Å²) in [6.07, 6.45) is 3.71. The minimum atomic E-state index is -0.307. The van der Waals surface area contributed by atoms with Crippen LogP contribution >= 0.6 is 0 Å². The van der Waals surface area contributed by atoms with Gasteiger partial charge < -0.3 is 19.2 Å². The quantitative estimate of drug-likeness (QED) is 0.835. The molecule has 0 aromatic carbocycles. The van der Waals surface area contributed by atoms with Gasteiger partial charge in [0.1, 0.15) is 17.7 Å². The molecule has 1 N–H and O–H groups in total. The van der Waals surface area contributed by atoms with Crippen LogP contribution < -0.4 is 10.1 Å². The third kappa shape index (κ3) is 2.26. The summed E-state index contributed by atoms with van der Waals surface area (Å²) in [5, 5.41) is 3.91. The number of nitrogens with zero attached hydrogens (tertiary/aromatic N) is 1. The Morgan fingerprint density at radius 2 is 2.42 bits per heavy atom. The second-order valence-corrected chi connectivity index (χ2v) is 4.41. The minimum Gasteiger partial charge on any atom is -0.472 e. The molecule has 0 radical (unpaired) electrons. The highest BCUT2D eigenvalue weighted by Gasteiger charge is 2.31. The van der Waals surface area contributed by atoms with Gasteiger partial charge in [0.05, 0.1) is 18.8 Å². The lowest BCUT2D eigenvalue weighted by atomic mass is 10.2. The predicted molar refractivity (Wildman–Crippen MR) is 66.8 cm³/mol. The molecule has 2 aromatic rings. The summed E-state index contributed by atoms with van der Waals surface area (Å²) in [5.41, 5.74) is 0.737. The maximum absolute atomic E-state index is 11.4. The number of carbonyl (C=O) groups is 1. The summed E-state index contributed by atoms with van der Waals surface area (Å²) in [6, 6.07) is 3.29. The van der Waals surface area contributed by atoms with E-state index >= 15 is 0 Å². The Hall–Kier alpha value is -2.08. The fraction of sp³-hybridized carbons (Fsp3) is 0.385. The van der Waals surface area contributed by atoms with Gasteiger partial charge in [-0.05, 0) is 12.1 Å². The number of esters is 1. The average molecular weight is 262 g/mol. The number of methoxy groups -OCH3 is 1. The van der Waals surface area contributed by atoms with Crippen molar-refractivity contribution in [3.05, 3.63) is 24.6 Å². The van der Waals surface area contributed by atoms with Crippen molar-refractivity contribution in [2.24, 2.45) is 0 Å². The topological polar surface area (TPSA) is 73.6 Å². The van der Waals surface area contributed by atoms with Gasteiger partial charge in [0, 0.05) is 19.2 Å². The second-order valence-electron chi connectivity index (χ2n) is 4.41. The molecule has 3 rings (SSSR count). The van der Waals surface area contributed by atoms with Crippen molar-refractivity contribution in [2.45, 2.75) is 18.6 Å². The fourth-order valence-corrected chi connectivity index (χ4v) is 2.24. The number of fused-ring (bicyclic) bond motifs is 1. The van der Waals surface area contributed by atoms with Crippen LogP contribution in [0.1, 0.15) is 6.42 Å². The number of furan rings is 1. The van der Waals surface area contributed by atoms with Crippen LogP contribution in [0.15, 0.2) is 29.0 Å². The Bertz CT molecular complexity index is 595. The van der Waals surface area contributed by atoms with Gasteiger partial charge in [0.2, 0.25) is 5.88 Å². The normalized spacial score (nSPS) is 22.6. The highest BCUT2D eigenvalue weighted by molar-refractivity contribution is 5.81. The zero-order valence-electron chi connectivity index (χ0n) is 10.5. The SMILES string of the molecule is COC(=O)C1CC(Oc2nccc3occc23)CN1. The molecule has 0 bridgehead atoms. The van der Waals surface area contributed by atoms with E-state index in [1.54, 1.807) is 18.5 Å². The number of carbonyl (C=O) groups excluding carboxylic acids is 1. The molecule has 2 atom stereocenters. The van der Waals surface area contributed by atoms with Crippen LogP contribution in [0.4, 0.5) is 0 Å². The molecule has 6 nitrogen and oxygen atoms in total. The van der Waals surface area contributed by atoms with Crippen molar-refractivity contribution >= 4 is 16.9 Å². The first-order chi connectivity index (χ1) is 9.28. The summed E-state index contributed by atoms with van der Waals surface area (Å²) in [4.78, 5) is 15.6. The van der Waals surface area contributed by atoms with Crippen molar-refractivity contribution in [2.75, 3.05) is 13.7 Å². The van der Waals surface area contributed by atoms with Crippen LogP contribution in [0.5, 0.6) is 5.88 Å². The zero-order chi connectivity index (χ0) is 13.2. The molecule has 100 valence electrons. The van der Waals surface area contributed by atoms with Gasteiger partial charge in [-0.1, -0.05) is 0 Å². The van der Waals surface area contributed by atoms with Crippen molar-refractivity contribution in [1.29, 1.82) is 0 Å². The molecular weight excluding hydrogens is 248 g/mol. The Labute approximate surface area is 109 Å². The summed E-state index contributed by atoms with van der Waals surface area (Å²) in [6.45, 7) is 0.593. The standard InChI is InChI=1S/C13H14N2O4/c1-17-13(16)10-6-8(7-15-10)19-12-9-3-5-18-11(9)2-4-14-12/h2-5,8,10,15H,6-7H2,1H3. The lowest BCUT2D eigenvalue weighted by molar-refractivity contribution is -0.142. The molecule has 0 aliphatic carbocycles. The zero-order valence-corrected chi connectivity index (χ0v) is 10.5. The number of pyridine rings is 1. The molecular formula is C13H14N2O4. The van der Waals surface area contributed by atoms with Crippen LogP contribution in [0.3, 0.4) is 0 Å². The van der Waals surface area contributed by atoms with Crippen molar-refractivity contribution in [3.63, 3.8) is 0 Å². The molecule has 1 aliphatic heterocycles. The van der Waals surface area contributed by atoms with E-state index in [0.29, 0.717) is 18.8 Å². The first kappa shape index (κ1) is 12.0. The molecule has 19 heavy (non-hydrogen) atoms. The first-order valence-electron chi connectivity index (χ1n) is 6.08. The number of hydrogen-bond acceptors (Lipinski definition) is 6. The first-order valence-corrected chi connectivity index (χ1v) is 6.08. The van der Waals surface area contributed by atoms with Crippen molar-refractivity contribution < 1.29 is 18.7 Å². The molecule has 6 heteroatoms. The number of aromatic nitrogens is 1. The van der Waals surface area contributed by atoms with E-state index in [1.807, 2.05) is 6.07 Å². The van der Waals surface area contributed by atoms with Gasteiger partial charge in [0.25, 0.3) is 0 Å². The molecule has 0 spiro atoms. The van der Waals surface area contributed by atoms with Gasteiger partial charge >= 0.3 is 5.97 Å². The van der Waals surface area contributed by atoms with E-state index in [0.717, 1.165) is 11.0 Å². The molecule has 0 saturated carbocycles. The van der Waals surface area contributed by atoms with E-state index in [1.165, 1.54) is 7.11 Å². The number of ether oxygens (including phenoxy) is 2. The van der Waals surface area contributed by atoms with Gasteiger partial charge in [0.15, 0.2) is 0 Å². The molecule has 1 saturated heterocycles. The lowest BCUT2D eigenvalue weighted by Gasteiger charge is -2.12. The largest absolute Gasteiger partial charge is 0.472 e. The van der Waals surface area contributed by atoms with Crippen LogP contribution in [-0.2, 0) is 9.53 Å². The van der Waals surface area contributed by atoms with E-state index in [4.69, 9.17) is 13.9 Å². The minimum absolute atomic E-state index is 0.0999. The maximum atomic E-state index is 11.4. The van der Waals surface area contributed by atoms with E-state index < -0.39 is 0 Å². The summed E-state index contributed by atoms with van der Waals surface area (Å²) >= 11 is 0. The third-order valence-electron chi connectivity index (χ3n) is 3.20. The average Bonchev–Trinajstić information content (AvgIpc) is 3.07. The monoisotopic (exact) mass is 262 g/mol. The van der Waals surface area contributed by atoms with Crippen LogP contribution in [-0.4, -0.2) is 36.8 Å². The Morgan fingerprint density at radius 3 is 3.26 bits per heavy atom. The van der Waals surface area contributed by atoms with Crippen molar-refractivity contribution in [1.82, 2.24) is 10.3 Å². The van der Waals surface area contributed by atoms with Gasteiger partial charge in [-0.25, -0.2) is 4.98 Å². The van der Waals surface area contributed by atoms with Gasteiger partial charge in [-0.15, -0.1) is 0 Å². The van der Waals surface area contributed by atoms with E-state index in [-0.39, 0.29) is 18.1 Å². The summed E-state index contributed by atoms with van der Waals surface area (Å²) < 4.78 is 15.8. The smallest absolute Gasteiger partial charge is 0.323 e.